The summed E-state index contributed by atoms with van der Waals surface area (Å²) in [6, 6.07) is 78.8. The number of unbranched alkanes of at least 4 members (excludes halogenated alkanes) is 1. The number of hydrogen-bond donors (Lipinski definition) is 0. The molecule has 9 aromatic carbocycles. The van der Waals surface area contributed by atoms with Crippen molar-refractivity contribution in [2.75, 3.05) is 9.80 Å². The van der Waals surface area contributed by atoms with E-state index in [-0.39, 0.29) is 6.85 Å². The summed E-state index contributed by atoms with van der Waals surface area (Å²) in [4.78, 5) is 5.00. The largest absolute Gasteiger partial charge is 0.375 e. The summed E-state index contributed by atoms with van der Waals surface area (Å²) in [6.45, 7) is 2.22. The Labute approximate surface area is 363 Å². The molecule has 0 bridgehead atoms. The fraction of sp³-hybridized carbons (Fsp3) is 0.0690. The van der Waals surface area contributed by atoms with Gasteiger partial charge in [0.1, 0.15) is 0 Å². The van der Waals surface area contributed by atoms with Gasteiger partial charge in [-0.05, 0) is 118 Å². The fourth-order valence-corrected chi connectivity index (χ4v) is 10.3. The van der Waals surface area contributed by atoms with Crippen LogP contribution in [0.2, 0.25) is 0 Å². The fourth-order valence-electron chi connectivity index (χ4n) is 10.3. The van der Waals surface area contributed by atoms with E-state index in [2.05, 4.69) is 234 Å². The molecule has 3 heterocycles. The van der Waals surface area contributed by atoms with E-state index >= 15 is 0 Å². The summed E-state index contributed by atoms with van der Waals surface area (Å²) in [5, 5.41) is 2.58. The number of aromatic nitrogens is 1. The standard InChI is InChI=1S/C58H44BN3/c1-2-3-19-40-32-35-53(50(36-40)42-22-10-5-11-23-42)61-55-39-46(60(44-24-12-6-13-25-44)45-26-14-7-15-27-45)33-34-52(55)59-57-51(37-43(38-56(57)61)41-20-8-4-9-21-41)49-30-18-29-48-47-28-16-17-31-54(47)62(59)58(48)49/h4-18,20-39H,2-3,19H2,1H3. The molecule has 0 unspecified atom stereocenters. The second-order valence-electron chi connectivity index (χ2n) is 16.7. The van der Waals surface area contributed by atoms with Crippen LogP contribution in [0.15, 0.2) is 212 Å². The minimum Gasteiger partial charge on any atom is -0.375 e. The third kappa shape index (κ3) is 5.74. The topological polar surface area (TPSA) is 11.4 Å². The molecule has 1 aromatic heterocycles. The quantitative estimate of drug-likeness (QED) is 0.135. The summed E-state index contributed by atoms with van der Waals surface area (Å²) >= 11 is 0. The van der Waals surface area contributed by atoms with E-state index in [0.29, 0.717) is 0 Å². The van der Waals surface area contributed by atoms with Crippen LogP contribution in [0.25, 0.3) is 55.2 Å². The highest BCUT2D eigenvalue weighted by atomic mass is 15.2. The van der Waals surface area contributed by atoms with Crippen LogP contribution < -0.4 is 20.7 Å². The molecule has 4 heteroatoms. The van der Waals surface area contributed by atoms with Gasteiger partial charge in [0.15, 0.2) is 0 Å². The first-order valence-corrected chi connectivity index (χ1v) is 22.0. The van der Waals surface area contributed by atoms with Gasteiger partial charge < -0.3 is 14.3 Å². The van der Waals surface area contributed by atoms with Crippen molar-refractivity contribution in [3.8, 4) is 33.4 Å². The van der Waals surface area contributed by atoms with Crippen molar-refractivity contribution in [3.63, 3.8) is 0 Å². The minimum atomic E-state index is -0.0617. The maximum atomic E-state index is 2.65. The lowest BCUT2D eigenvalue weighted by molar-refractivity contribution is 0.795. The zero-order chi connectivity index (χ0) is 41.1. The van der Waals surface area contributed by atoms with E-state index in [4.69, 9.17) is 0 Å². The number of nitrogens with zero attached hydrogens (tertiary/aromatic N) is 3. The molecule has 0 N–H and O–H groups in total. The Balaban J connectivity index is 1.22. The van der Waals surface area contributed by atoms with Crippen molar-refractivity contribution in [2.24, 2.45) is 0 Å². The third-order valence-corrected chi connectivity index (χ3v) is 13.1. The first-order chi connectivity index (χ1) is 30.7. The molecule has 0 saturated heterocycles. The minimum absolute atomic E-state index is 0.0617. The highest BCUT2D eigenvalue weighted by Gasteiger charge is 2.43. The van der Waals surface area contributed by atoms with Crippen LogP contribution in [0, 0.1) is 0 Å². The lowest BCUT2D eigenvalue weighted by Crippen LogP contribution is -2.56. The molecule has 0 fully saturated rings. The Morgan fingerprint density at radius 2 is 1.11 bits per heavy atom. The third-order valence-electron chi connectivity index (χ3n) is 13.1. The number of hydrogen-bond acceptors (Lipinski definition) is 2. The van der Waals surface area contributed by atoms with Crippen LogP contribution in [0.5, 0.6) is 0 Å². The predicted octanol–water partition coefficient (Wildman–Crippen LogP) is 14.4. The van der Waals surface area contributed by atoms with Crippen molar-refractivity contribution < 1.29 is 0 Å². The molecule has 0 saturated carbocycles. The molecule has 0 atom stereocenters. The molecule has 10 aromatic rings. The monoisotopic (exact) mass is 793 g/mol. The van der Waals surface area contributed by atoms with Crippen molar-refractivity contribution in [1.82, 2.24) is 4.48 Å². The van der Waals surface area contributed by atoms with Gasteiger partial charge in [0.05, 0.1) is 5.69 Å². The van der Waals surface area contributed by atoms with Crippen LogP contribution in [-0.4, -0.2) is 11.3 Å². The van der Waals surface area contributed by atoms with E-state index in [9.17, 15) is 0 Å². The highest BCUT2D eigenvalue weighted by molar-refractivity contribution is 6.90. The van der Waals surface area contributed by atoms with Crippen molar-refractivity contribution in [3.05, 3.63) is 218 Å². The first kappa shape index (κ1) is 36.3. The molecule has 294 valence electrons. The van der Waals surface area contributed by atoms with Gasteiger partial charge in [-0.1, -0.05) is 159 Å². The summed E-state index contributed by atoms with van der Waals surface area (Å²) in [6.07, 6.45) is 3.37. The normalized spacial score (nSPS) is 12.4. The van der Waals surface area contributed by atoms with E-state index in [1.54, 1.807) is 0 Å². The average molecular weight is 794 g/mol. The van der Waals surface area contributed by atoms with Crippen LogP contribution >= 0.6 is 0 Å². The van der Waals surface area contributed by atoms with Gasteiger partial charge in [0, 0.05) is 61.4 Å². The van der Waals surface area contributed by atoms with Crippen LogP contribution in [-0.2, 0) is 6.42 Å². The highest BCUT2D eigenvalue weighted by Crippen LogP contribution is 2.50. The first-order valence-electron chi connectivity index (χ1n) is 22.0. The second-order valence-corrected chi connectivity index (χ2v) is 16.7. The lowest BCUT2D eigenvalue weighted by atomic mass is 9.45. The van der Waals surface area contributed by atoms with Gasteiger partial charge in [-0.2, -0.15) is 0 Å². The summed E-state index contributed by atoms with van der Waals surface area (Å²) in [7, 11) is 0. The summed E-state index contributed by atoms with van der Waals surface area (Å²) in [5.41, 5.74) is 20.9. The number of rotatable bonds is 9. The number of aryl methyl sites for hydroxylation is 1. The van der Waals surface area contributed by atoms with Gasteiger partial charge in [-0.3, -0.25) is 0 Å². The number of anilines is 6. The van der Waals surface area contributed by atoms with E-state index in [1.807, 2.05) is 0 Å². The van der Waals surface area contributed by atoms with Crippen LogP contribution in [0.1, 0.15) is 25.3 Å². The molecular weight excluding hydrogens is 749 g/mol. The summed E-state index contributed by atoms with van der Waals surface area (Å²) in [5.74, 6) is 0. The van der Waals surface area contributed by atoms with Crippen LogP contribution in [0.4, 0.5) is 34.1 Å². The number of benzene rings is 9. The Bertz CT molecular complexity index is 3250. The molecule has 2 aliphatic heterocycles. The zero-order valence-electron chi connectivity index (χ0n) is 34.7. The Morgan fingerprint density at radius 3 is 1.84 bits per heavy atom. The molecule has 62 heavy (non-hydrogen) atoms. The van der Waals surface area contributed by atoms with Gasteiger partial charge in [0.2, 0.25) is 0 Å². The molecule has 12 rings (SSSR count). The molecule has 2 aliphatic rings. The van der Waals surface area contributed by atoms with Crippen molar-refractivity contribution >= 4 is 73.7 Å². The Kier molecular flexibility index (Phi) is 8.71. The second kappa shape index (κ2) is 14.9. The van der Waals surface area contributed by atoms with Crippen molar-refractivity contribution in [2.45, 2.75) is 26.2 Å². The molecule has 0 spiro atoms. The Morgan fingerprint density at radius 1 is 0.452 bits per heavy atom. The summed E-state index contributed by atoms with van der Waals surface area (Å²) < 4.78 is 2.65. The predicted molar refractivity (Wildman–Crippen MR) is 264 cm³/mol. The zero-order valence-corrected chi connectivity index (χ0v) is 34.7. The lowest BCUT2D eigenvalue weighted by Gasteiger charge is -2.42. The van der Waals surface area contributed by atoms with E-state index in [0.717, 1.165) is 36.3 Å². The Hall–Kier alpha value is -7.56. The van der Waals surface area contributed by atoms with E-state index < -0.39 is 0 Å². The molecular formula is C58H44BN3. The number of fused-ring (bicyclic) bond motifs is 7. The maximum absolute atomic E-state index is 2.65. The van der Waals surface area contributed by atoms with E-state index in [1.165, 1.54) is 88.7 Å². The molecule has 0 aliphatic carbocycles. The maximum Gasteiger partial charge on any atom is 0.333 e. The van der Waals surface area contributed by atoms with Gasteiger partial charge in [-0.15, -0.1) is 0 Å². The van der Waals surface area contributed by atoms with Gasteiger partial charge >= 0.3 is 6.85 Å². The van der Waals surface area contributed by atoms with Gasteiger partial charge in [-0.25, -0.2) is 0 Å². The molecule has 0 radical (unpaired) electrons. The van der Waals surface area contributed by atoms with Crippen LogP contribution in [0.3, 0.4) is 0 Å². The SMILES string of the molecule is CCCCc1ccc(N2c3cc(N(c4ccccc4)c4ccccc4)ccc3B3c4c(cc(-c5ccccc5)cc42)-c2cccc4c5ccccc5n3c24)c(-c2ccccc2)c1. The molecule has 0 amide bonds. The average Bonchev–Trinajstić information content (AvgIpc) is 3.68. The number of para-hydroxylation sites is 4. The van der Waals surface area contributed by atoms with Crippen molar-refractivity contribution in [1.29, 1.82) is 0 Å². The van der Waals surface area contributed by atoms with Gasteiger partial charge in [0.25, 0.3) is 0 Å². The molecule has 3 nitrogen and oxygen atoms in total. The smallest absolute Gasteiger partial charge is 0.333 e.